The zero-order valence-electron chi connectivity index (χ0n) is 8.29. The van der Waals surface area contributed by atoms with Crippen LogP contribution < -0.4 is 0 Å². The first kappa shape index (κ1) is 9.00. The molecule has 1 saturated carbocycles. The molecule has 1 N–H and O–H groups in total. The highest BCUT2D eigenvalue weighted by atomic mass is 16.4. The molecule has 74 valence electrons. The molecular weight excluding hydrogens is 166 g/mol. The highest BCUT2D eigenvalue weighted by Crippen LogP contribution is 2.55. The van der Waals surface area contributed by atoms with Gasteiger partial charge in [0.1, 0.15) is 0 Å². The Morgan fingerprint density at radius 1 is 1.62 bits per heavy atom. The molecule has 1 aliphatic carbocycles. The molecule has 0 spiro atoms. The number of carboxylic acid groups (broad SMARTS) is 1. The normalized spacial score (nSPS) is 47.4. The quantitative estimate of drug-likeness (QED) is 0.665. The van der Waals surface area contributed by atoms with Crippen molar-refractivity contribution in [2.24, 2.45) is 11.3 Å². The van der Waals surface area contributed by atoms with E-state index in [0.717, 1.165) is 25.9 Å². The minimum Gasteiger partial charge on any atom is -0.481 e. The number of aliphatic carboxylic acids is 1. The second-order valence-corrected chi connectivity index (χ2v) is 4.66. The Morgan fingerprint density at radius 2 is 2.15 bits per heavy atom. The van der Waals surface area contributed by atoms with E-state index >= 15 is 0 Å². The van der Waals surface area contributed by atoms with Crippen molar-refractivity contribution in [3.8, 4) is 0 Å². The summed E-state index contributed by atoms with van der Waals surface area (Å²) in [5.74, 6) is -0.199. The molecule has 1 saturated heterocycles. The number of carbonyl (C=O) groups is 1. The summed E-state index contributed by atoms with van der Waals surface area (Å²) in [4.78, 5) is 13.3. The zero-order chi connectivity index (χ0) is 9.64. The van der Waals surface area contributed by atoms with E-state index in [1.807, 2.05) is 6.92 Å². The SMILES string of the molecule is CC1CN1CCC1(C(=O)O)CC1C. The van der Waals surface area contributed by atoms with Crippen molar-refractivity contribution in [1.29, 1.82) is 0 Å². The minimum absolute atomic E-state index is 0.359. The highest BCUT2D eigenvalue weighted by Gasteiger charge is 2.57. The van der Waals surface area contributed by atoms with Gasteiger partial charge >= 0.3 is 5.97 Å². The third-order valence-corrected chi connectivity index (χ3v) is 3.71. The zero-order valence-corrected chi connectivity index (χ0v) is 8.29. The molecule has 0 amide bonds. The third-order valence-electron chi connectivity index (χ3n) is 3.71. The summed E-state index contributed by atoms with van der Waals surface area (Å²) in [5, 5.41) is 9.05. The number of hydrogen-bond donors (Lipinski definition) is 1. The molecule has 2 rings (SSSR count). The predicted octanol–water partition coefficient (Wildman–Crippen LogP) is 1.19. The van der Waals surface area contributed by atoms with Crippen LogP contribution >= 0.6 is 0 Å². The van der Waals surface area contributed by atoms with Gasteiger partial charge in [0.15, 0.2) is 0 Å². The monoisotopic (exact) mass is 183 g/mol. The van der Waals surface area contributed by atoms with Crippen LogP contribution in [-0.4, -0.2) is 35.1 Å². The fourth-order valence-corrected chi connectivity index (χ4v) is 2.19. The van der Waals surface area contributed by atoms with Crippen LogP contribution in [0.5, 0.6) is 0 Å². The first-order chi connectivity index (χ1) is 6.06. The van der Waals surface area contributed by atoms with Gasteiger partial charge in [-0.15, -0.1) is 0 Å². The van der Waals surface area contributed by atoms with Gasteiger partial charge in [-0.05, 0) is 32.2 Å². The number of nitrogens with zero attached hydrogens (tertiary/aromatic N) is 1. The van der Waals surface area contributed by atoms with E-state index in [1.165, 1.54) is 0 Å². The molecule has 3 heteroatoms. The molecule has 0 aromatic heterocycles. The van der Waals surface area contributed by atoms with Crippen LogP contribution in [0, 0.1) is 11.3 Å². The van der Waals surface area contributed by atoms with Crippen molar-refractivity contribution in [2.75, 3.05) is 13.1 Å². The average Bonchev–Trinajstić information content (AvgIpc) is 2.88. The van der Waals surface area contributed by atoms with Gasteiger partial charge in [-0.1, -0.05) is 6.92 Å². The molecular formula is C10H17NO2. The van der Waals surface area contributed by atoms with Gasteiger partial charge in [-0.3, -0.25) is 9.69 Å². The summed E-state index contributed by atoms with van der Waals surface area (Å²) >= 11 is 0. The third kappa shape index (κ3) is 1.46. The van der Waals surface area contributed by atoms with Gasteiger partial charge in [0.25, 0.3) is 0 Å². The Morgan fingerprint density at radius 3 is 2.46 bits per heavy atom. The maximum atomic E-state index is 11.0. The fourth-order valence-electron chi connectivity index (χ4n) is 2.19. The van der Waals surface area contributed by atoms with Gasteiger partial charge in [-0.25, -0.2) is 0 Å². The molecule has 0 aromatic rings. The second kappa shape index (κ2) is 2.71. The molecule has 2 fully saturated rings. The predicted molar refractivity (Wildman–Crippen MR) is 49.5 cm³/mol. The molecule has 1 aliphatic heterocycles. The maximum absolute atomic E-state index is 11.0. The van der Waals surface area contributed by atoms with E-state index in [0.29, 0.717) is 12.0 Å². The lowest BCUT2D eigenvalue weighted by Crippen LogP contribution is -2.21. The van der Waals surface area contributed by atoms with Crippen LogP contribution in [-0.2, 0) is 4.79 Å². The lowest BCUT2D eigenvalue weighted by atomic mass is 10.00. The molecule has 13 heavy (non-hydrogen) atoms. The van der Waals surface area contributed by atoms with Crippen molar-refractivity contribution in [1.82, 2.24) is 4.90 Å². The smallest absolute Gasteiger partial charge is 0.309 e. The Kier molecular flexibility index (Phi) is 1.88. The van der Waals surface area contributed by atoms with Crippen molar-refractivity contribution in [2.45, 2.75) is 32.7 Å². The van der Waals surface area contributed by atoms with Gasteiger partial charge in [0, 0.05) is 12.6 Å². The Bertz CT molecular complexity index is 241. The summed E-state index contributed by atoms with van der Waals surface area (Å²) in [6.45, 7) is 6.35. The van der Waals surface area contributed by atoms with E-state index in [2.05, 4.69) is 11.8 Å². The van der Waals surface area contributed by atoms with E-state index in [4.69, 9.17) is 5.11 Å². The van der Waals surface area contributed by atoms with Crippen LogP contribution in [0.15, 0.2) is 0 Å². The minimum atomic E-state index is -0.588. The van der Waals surface area contributed by atoms with Crippen LogP contribution in [0.1, 0.15) is 26.7 Å². The highest BCUT2D eigenvalue weighted by molar-refractivity contribution is 5.78. The van der Waals surface area contributed by atoms with Gasteiger partial charge in [-0.2, -0.15) is 0 Å². The maximum Gasteiger partial charge on any atom is 0.309 e. The van der Waals surface area contributed by atoms with Crippen LogP contribution in [0.25, 0.3) is 0 Å². The first-order valence-electron chi connectivity index (χ1n) is 5.04. The van der Waals surface area contributed by atoms with Gasteiger partial charge in [0.05, 0.1) is 5.41 Å². The van der Waals surface area contributed by atoms with E-state index in [1.54, 1.807) is 0 Å². The molecule has 0 bridgehead atoms. The standard InChI is InChI=1S/C10H17NO2/c1-7-5-10(7,9(12)13)3-4-11-6-8(11)2/h7-8H,3-6H2,1-2H3,(H,12,13). The second-order valence-electron chi connectivity index (χ2n) is 4.66. The summed E-state index contributed by atoms with van der Waals surface area (Å²) in [7, 11) is 0. The van der Waals surface area contributed by atoms with E-state index in [9.17, 15) is 4.79 Å². The lowest BCUT2D eigenvalue weighted by molar-refractivity contribution is -0.144. The molecule has 1 heterocycles. The van der Waals surface area contributed by atoms with Gasteiger partial charge in [0.2, 0.25) is 0 Å². The van der Waals surface area contributed by atoms with Gasteiger partial charge < -0.3 is 5.11 Å². The van der Waals surface area contributed by atoms with Crippen molar-refractivity contribution >= 4 is 5.97 Å². The molecule has 0 radical (unpaired) electrons. The molecule has 0 aromatic carbocycles. The van der Waals surface area contributed by atoms with E-state index < -0.39 is 5.97 Å². The number of rotatable bonds is 4. The summed E-state index contributed by atoms with van der Waals surface area (Å²) in [5.41, 5.74) is -0.359. The summed E-state index contributed by atoms with van der Waals surface area (Å²) in [6, 6.07) is 0.694. The topological polar surface area (TPSA) is 40.3 Å². The largest absolute Gasteiger partial charge is 0.481 e. The van der Waals surface area contributed by atoms with Crippen LogP contribution in [0.3, 0.4) is 0 Å². The Hall–Kier alpha value is -0.570. The van der Waals surface area contributed by atoms with Crippen molar-refractivity contribution in [3.05, 3.63) is 0 Å². The molecule has 3 nitrogen and oxygen atoms in total. The summed E-state index contributed by atoms with van der Waals surface area (Å²) < 4.78 is 0. The molecule has 4 unspecified atom stereocenters. The van der Waals surface area contributed by atoms with Crippen LogP contribution in [0.4, 0.5) is 0 Å². The van der Waals surface area contributed by atoms with Crippen molar-refractivity contribution in [3.63, 3.8) is 0 Å². The molecule has 2 aliphatic rings. The molecule has 4 atom stereocenters. The van der Waals surface area contributed by atoms with Crippen LogP contribution in [0.2, 0.25) is 0 Å². The van der Waals surface area contributed by atoms with E-state index in [-0.39, 0.29) is 5.41 Å². The lowest BCUT2D eigenvalue weighted by Gasteiger charge is -2.11. The first-order valence-corrected chi connectivity index (χ1v) is 5.04. The van der Waals surface area contributed by atoms with Crippen molar-refractivity contribution < 1.29 is 9.90 Å². The summed E-state index contributed by atoms with van der Waals surface area (Å²) in [6.07, 6.45) is 1.72. The fraction of sp³-hybridized carbons (Fsp3) is 0.900. The Balaban J connectivity index is 1.82. The average molecular weight is 183 g/mol. The number of hydrogen-bond acceptors (Lipinski definition) is 2. The Labute approximate surface area is 78.7 Å². The number of carboxylic acids is 1.